The van der Waals surface area contributed by atoms with Crippen LogP contribution in [0.25, 0.3) is 16.3 Å². The van der Waals surface area contributed by atoms with Crippen molar-refractivity contribution in [1.82, 2.24) is 10.3 Å². The predicted molar refractivity (Wildman–Crippen MR) is 97.0 cm³/mol. The van der Waals surface area contributed by atoms with Crippen molar-refractivity contribution in [2.75, 3.05) is 13.1 Å². The maximum absolute atomic E-state index is 13.2. The van der Waals surface area contributed by atoms with Gasteiger partial charge in [0, 0.05) is 23.3 Å². The third-order valence-corrected chi connectivity index (χ3v) is 4.25. The number of benzene rings is 1. The number of pyridine rings is 1. The van der Waals surface area contributed by atoms with Crippen molar-refractivity contribution in [2.45, 2.75) is 31.3 Å². The molecule has 164 valence electrons. The highest BCUT2D eigenvalue weighted by molar-refractivity contribution is 5.96. The molecule has 2 aromatic rings. The number of nitrogens with one attached hydrogen (secondary N) is 1. The second-order valence-electron chi connectivity index (χ2n) is 6.38. The molecular formula is C19H18F6N2O3. The van der Waals surface area contributed by atoms with Gasteiger partial charge < -0.3 is 15.2 Å². The Morgan fingerprint density at radius 3 is 2.23 bits per heavy atom. The summed E-state index contributed by atoms with van der Waals surface area (Å²) in [7, 11) is 0. The van der Waals surface area contributed by atoms with Gasteiger partial charge in [-0.2, -0.15) is 26.3 Å². The van der Waals surface area contributed by atoms with Gasteiger partial charge in [-0.1, -0.05) is 6.58 Å². The summed E-state index contributed by atoms with van der Waals surface area (Å²) in [5, 5.41) is 11.4. The minimum absolute atomic E-state index is 0.0101. The summed E-state index contributed by atoms with van der Waals surface area (Å²) in [4.78, 5) is 12.9. The molecule has 0 atom stereocenters. The van der Waals surface area contributed by atoms with Crippen LogP contribution in [-0.2, 0) is 4.79 Å². The van der Waals surface area contributed by atoms with E-state index in [1.807, 2.05) is 0 Å². The Morgan fingerprint density at radius 2 is 1.70 bits per heavy atom. The molecule has 0 bridgehead atoms. The highest BCUT2D eigenvalue weighted by Crippen LogP contribution is 2.41. The van der Waals surface area contributed by atoms with Crippen molar-refractivity contribution in [3.8, 4) is 5.75 Å². The molecule has 1 aliphatic heterocycles. The van der Waals surface area contributed by atoms with Crippen LogP contribution < -0.4 is 10.1 Å². The zero-order valence-corrected chi connectivity index (χ0v) is 15.5. The average Bonchev–Trinajstić information content (AvgIpc) is 2.67. The molecule has 0 amide bonds. The van der Waals surface area contributed by atoms with E-state index in [0.29, 0.717) is 10.8 Å². The van der Waals surface area contributed by atoms with Gasteiger partial charge in [0.1, 0.15) is 11.9 Å². The number of nitrogens with zero attached hydrogens (tertiary/aromatic N) is 1. The molecule has 0 spiro atoms. The monoisotopic (exact) mass is 436 g/mol. The zero-order valence-electron chi connectivity index (χ0n) is 15.5. The molecule has 1 aromatic carbocycles. The normalized spacial score (nSPS) is 15.3. The summed E-state index contributed by atoms with van der Waals surface area (Å²) in [6, 6.07) is 4.88. The van der Waals surface area contributed by atoms with Gasteiger partial charge >= 0.3 is 18.3 Å². The zero-order chi connectivity index (χ0) is 22.5. The van der Waals surface area contributed by atoms with E-state index in [1.54, 1.807) is 18.2 Å². The molecule has 0 saturated carbocycles. The minimum atomic E-state index is -5.08. The summed E-state index contributed by atoms with van der Waals surface area (Å²) in [6.45, 7) is 4.87. The number of rotatable bonds is 3. The van der Waals surface area contributed by atoms with Crippen LogP contribution in [0.3, 0.4) is 0 Å². The van der Waals surface area contributed by atoms with Crippen LogP contribution in [0.4, 0.5) is 26.3 Å². The molecule has 3 rings (SSSR count). The van der Waals surface area contributed by atoms with Crippen molar-refractivity contribution in [1.29, 1.82) is 0 Å². The number of piperidine rings is 1. The van der Waals surface area contributed by atoms with Crippen LogP contribution in [0, 0.1) is 0 Å². The lowest BCUT2D eigenvalue weighted by molar-refractivity contribution is -0.192. The fraction of sp³-hybridized carbons (Fsp3) is 0.368. The molecule has 1 fully saturated rings. The molecule has 1 aliphatic rings. The number of hydrogen-bond donors (Lipinski definition) is 2. The Hall–Kier alpha value is -2.82. The van der Waals surface area contributed by atoms with Gasteiger partial charge in [0.05, 0.1) is 5.57 Å². The Morgan fingerprint density at radius 1 is 1.10 bits per heavy atom. The van der Waals surface area contributed by atoms with E-state index in [4.69, 9.17) is 14.6 Å². The predicted octanol–water partition coefficient (Wildman–Crippen LogP) is 4.57. The third kappa shape index (κ3) is 6.09. The third-order valence-electron chi connectivity index (χ3n) is 4.25. The first-order valence-electron chi connectivity index (χ1n) is 8.72. The molecule has 0 radical (unpaired) electrons. The van der Waals surface area contributed by atoms with E-state index < -0.39 is 23.9 Å². The van der Waals surface area contributed by atoms with Gasteiger partial charge in [-0.25, -0.2) is 4.79 Å². The molecule has 0 unspecified atom stereocenters. The lowest BCUT2D eigenvalue weighted by Gasteiger charge is -2.26. The maximum atomic E-state index is 13.2. The number of fused-ring (bicyclic) bond motifs is 1. The molecular weight excluding hydrogens is 418 g/mol. The Balaban J connectivity index is 0.000000396. The number of aromatic nitrogens is 1. The van der Waals surface area contributed by atoms with Crippen molar-refractivity contribution >= 4 is 22.3 Å². The lowest BCUT2D eigenvalue weighted by atomic mass is 9.98. The fourth-order valence-electron chi connectivity index (χ4n) is 2.79. The topological polar surface area (TPSA) is 71.5 Å². The fourth-order valence-corrected chi connectivity index (χ4v) is 2.79. The van der Waals surface area contributed by atoms with Crippen LogP contribution in [-0.4, -0.2) is 47.6 Å². The number of carboxylic acid groups (broad SMARTS) is 1. The summed E-state index contributed by atoms with van der Waals surface area (Å²) >= 11 is 0. The van der Waals surface area contributed by atoms with Gasteiger partial charge in [-0.05, 0) is 49.5 Å². The summed E-state index contributed by atoms with van der Waals surface area (Å²) < 4.78 is 77.3. The van der Waals surface area contributed by atoms with E-state index in [0.717, 1.165) is 25.9 Å². The lowest BCUT2D eigenvalue weighted by Crippen LogP contribution is -2.34. The number of ether oxygens (including phenoxy) is 1. The molecule has 30 heavy (non-hydrogen) atoms. The number of allylic oxidation sites excluding steroid dienone is 1. The van der Waals surface area contributed by atoms with E-state index in [2.05, 4.69) is 16.9 Å². The van der Waals surface area contributed by atoms with Crippen molar-refractivity contribution in [3.05, 3.63) is 42.7 Å². The van der Waals surface area contributed by atoms with Gasteiger partial charge in [0.15, 0.2) is 0 Å². The average molecular weight is 436 g/mol. The van der Waals surface area contributed by atoms with E-state index in [-0.39, 0.29) is 17.4 Å². The second-order valence-corrected chi connectivity index (χ2v) is 6.38. The van der Waals surface area contributed by atoms with Crippen LogP contribution in [0.15, 0.2) is 37.2 Å². The quantitative estimate of drug-likeness (QED) is 0.690. The number of alkyl halides is 6. The molecule has 1 aromatic heterocycles. The Labute approximate surface area is 167 Å². The largest absolute Gasteiger partial charge is 0.490 e. The Kier molecular flexibility index (Phi) is 7.30. The molecule has 11 heteroatoms. The number of hydrogen-bond acceptors (Lipinski definition) is 4. The van der Waals surface area contributed by atoms with Crippen LogP contribution in [0.1, 0.15) is 18.4 Å². The molecule has 2 heterocycles. The van der Waals surface area contributed by atoms with Gasteiger partial charge in [0.2, 0.25) is 0 Å². The van der Waals surface area contributed by atoms with Gasteiger partial charge in [0.25, 0.3) is 0 Å². The smallest absolute Gasteiger partial charge is 0.490 e. The molecule has 2 N–H and O–H groups in total. The van der Waals surface area contributed by atoms with Gasteiger partial charge in [-0.3, -0.25) is 4.98 Å². The standard InChI is InChI=1S/C17H17F3N2O.C2HF3O2/c1-11(17(18,19)20)16-14-6-9-22-10-12(14)2-3-15(16)23-13-4-7-21-8-5-13;3-2(4,5)1(6)7/h2-3,6,9-10,13,21H,1,4-5,7-8H2;(H,6,7). The second kappa shape index (κ2) is 9.33. The first-order valence-corrected chi connectivity index (χ1v) is 8.72. The number of carbonyl (C=O) groups is 1. The number of aliphatic carboxylic acids is 1. The van der Waals surface area contributed by atoms with E-state index >= 15 is 0 Å². The molecule has 0 aliphatic carbocycles. The first kappa shape index (κ1) is 23.5. The van der Waals surface area contributed by atoms with Crippen LogP contribution >= 0.6 is 0 Å². The van der Waals surface area contributed by atoms with Crippen LogP contribution in [0.5, 0.6) is 5.75 Å². The Bertz CT molecular complexity index is 905. The highest BCUT2D eigenvalue weighted by Gasteiger charge is 2.38. The van der Waals surface area contributed by atoms with E-state index in [9.17, 15) is 26.3 Å². The summed E-state index contributed by atoms with van der Waals surface area (Å²) in [5.41, 5.74) is -0.880. The van der Waals surface area contributed by atoms with Crippen LogP contribution in [0.2, 0.25) is 0 Å². The van der Waals surface area contributed by atoms with Crippen molar-refractivity contribution in [2.24, 2.45) is 0 Å². The van der Waals surface area contributed by atoms with E-state index in [1.165, 1.54) is 12.4 Å². The number of halogens is 6. The molecule has 1 saturated heterocycles. The van der Waals surface area contributed by atoms with Crippen molar-refractivity contribution in [3.63, 3.8) is 0 Å². The SMILES string of the molecule is C=C(c1c(OC2CCNCC2)ccc2cnccc12)C(F)(F)F.O=C(O)C(F)(F)F. The molecule has 5 nitrogen and oxygen atoms in total. The first-order chi connectivity index (χ1) is 13.9. The van der Waals surface area contributed by atoms with Crippen molar-refractivity contribution < 1.29 is 41.0 Å². The minimum Gasteiger partial charge on any atom is -0.490 e. The van der Waals surface area contributed by atoms with Gasteiger partial charge in [-0.15, -0.1) is 0 Å². The summed E-state index contributed by atoms with van der Waals surface area (Å²) in [6.07, 6.45) is -5.13. The number of carboxylic acids is 1. The summed E-state index contributed by atoms with van der Waals surface area (Å²) in [5.74, 6) is -2.52. The maximum Gasteiger partial charge on any atom is 0.490 e. The highest BCUT2D eigenvalue weighted by atomic mass is 19.4.